The zero-order valence-corrected chi connectivity index (χ0v) is 17.9. The lowest BCUT2D eigenvalue weighted by molar-refractivity contribution is 0.0938. The molecular weight excluding hydrogens is 454 g/mol. The molecule has 0 bridgehead atoms. The van der Waals surface area contributed by atoms with E-state index in [0.717, 1.165) is 11.8 Å². The number of para-hydroxylation sites is 1. The summed E-state index contributed by atoms with van der Waals surface area (Å²) < 4.78 is 13.6. The first kappa shape index (κ1) is 21.6. The summed E-state index contributed by atoms with van der Waals surface area (Å²) in [6, 6.07) is 16.9. The summed E-state index contributed by atoms with van der Waals surface area (Å²) in [7, 11) is 0. The summed E-state index contributed by atoms with van der Waals surface area (Å²) in [5.41, 5.74) is 7.39. The molecule has 3 aromatic rings. The number of nitrogen functional groups attached to an aromatic ring is 1. The lowest BCUT2D eigenvalue weighted by Gasteiger charge is -2.24. The van der Waals surface area contributed by atoms with Crippen molar-refractivity contribution in [1.82, 2.24) is 10.3 Å². The van der Waals surface area contributed by atoms with Crippen molar-refractivity contribution in [3.63, 3.8) is 0 Å². The number of pyridine rings is 1. The zero-order valence-electron chi connectivity index (χ0n) is 16.4. The van der Waals surface area contributed by atoms with Crippen molar-refractivity contribution in [3.8, 4) is 17.3 Å². The third-order valence-corrected chi connectivity index (χ3v) is 5.42. The average molecular weight is 469 g/mol. The number of amides is 1. The van der Waals surface area contributed by atoms with Gasteiger partial charge in [-0.15, -0.1) is 0 Å². The van der Waals surface area contributed by atoms with Gasteiger partial charge in [-0.1, -0.05) is 47.5 Å². The van der Waals surface area contributed by atoms with Crippen molar-refractivity contribution >= 4 is 46.3 Å². The summed E-state index contributed by atoms with van der Waals surface area (Å²) in [5, 5.41) is 18.2. The van der Waals surface area contributed by atoms with E-state index in [-0.39, 0.29) is 39.3 Å². The number of nitriles is 1. The Morgan fingerprint density at radius 2 is 1.94 bits per heavy atom. The smallest absolute Gasteiger partial charge is 0.254 e. The number of aromatic nitrogens is 1. The molecule has 1 unspecified atom stereocenters. The molecule has 0 fully saturated rings. The molecule has 4 rings (SSSR count). The Balaban J connectivity index is 1.63. The Bertz CT molecular complexity index is 1280. The molecule has 1 atom stereocenters. The van der Waals surface area contributed by atoms with Gasteiger partial charge in [0.2, 0.25) is 0 Å². The number of nitrogens with zero attached hydrogens (tertiary/aromatic N) is 4. The fraction of sp³-hybridized carbons (Fsp3) is 0.0909. The van der Waals surface area contributed by atoms with Crippen LogP contribution >= 0.6 is 23.2 Å². The summed E-state index contributed by atoms with van der Waals surface area (Å²) in [6.07, 6.45) is -0.349. The van der Waals surface area contributed by atoms with Crippen molar-refractivity contribution in [3.05, 3.63) is 76.0 Å². The van der Waals surface area contributed by atoms with Crippen LogP contribution in [0.4, 0.5) is 15.9 Å². The second-order valence-corrected chi connectivity index (χ2v) is 7.73. The molecule has 3 N–H and O–H groups in total. The average Bonchev–Trinajstić information content (AvgIpc) is 3.20. The van der Waals surface area contributed by atoms with Crippen LogP contribution < -0.4 is 16.1 Å². The van der Waals surface area contributed by atoms with Gasteiger partial charge in [-0.3, -0.25) is 4.79 Å². The van der Waals surface area contributed by atoms with Crippen LogP contribution in [-0.4, -0.2) is 22.8 Å². The first-order valence-corrected chi connectivity index (χ1v) is 10.2. The van der Waals surface area contributed by atoms with E-state index < -0.39 is 17.9 Å². The molecule has 1 aromatic heterocycles. The van der Waals surface area contributed by atoms with Gasteiger partial charge in [0.15, 0.2) is 11.6 Å². The molecule has 0 aliphatic carbocycles. The maximum Gasteiger partial charge on any atom is 0.254 e. The minimum absolute atomic E-state index is 0.0449. The number of hydrazone groups is 1. The quantitative estimate of drug-likeness (QED) is 0.580. The van der Waals surface area contributed by atoms with Crippen LogP contribution in [0.25, 0.3) is 11.3 Å². The minimum atomic E-state index is -0.735. The van der Waals surface area contributed by atoms with Gasteiger partial charge in [0.05, 0.1) is 27.0 Å². The molecule has 0 radical (unpaired) electrons. The monoisotopic (exact) mass is 468 g/mol. The Labute approximate surface area is 192 Å². The van der Waals surface area contributed by atoms with Crippen LogP contribution in [0.15, 0.2) is 59.7 Å². The normalized spacial score (nSPS) is 15.2. The van der Waals surface area contributed by atoms with Crippen LogP contribution in [0.1, 0.15) is 16.8 Å². The first-order chi connectivity index (χ1) is 15.4. The molecule has 0 saturated heterocycles. The predicted molar refractivity (Wildman–Crippen MR) is 122 cm³/mol. The predicted octanol–water partition coefficient (Wildman–Crippen LogP) is 4.62. The third kappa shape index (κ3) is 4.21. The number of nitrogens with one attached hydrogen (secondary N) is 1. The van der Waals surface area contributed by atoms with E-state index >= 15 is 0 Å². The van der Waals surface area contributed by atoms with E-state index in [2.05, 4.69) is 15.4 Å². The Morgan fingerprint density at radius 3 is 2.66 bits per heavy atom. The number of halogens is 3. The highest BCUT2D eigenvalue weighted by molar-refractivity contribution is 6.34. The molecule has 0 spiro atoms. The van der Waals surface area contributed by atoms with Gasteiger partial charge in [0, 0.05) is 12.0 Å². The van der Waals surface area contributed by atoms with Crippen LogP contribution in [0.3, 0.4) is 0 Å². The molecule has 1 aliphatic heterocycles. The molecule has 0 saturated carbocycles. The van der Waals surface area contributed by atoms with Crippen molar-refractivity contribution in [2.45, 2.75) is 12.6 Å². The van der Waals surface area contributed by atoms with Gasteiger partial charge in [-0.2, -0.15) is 10.4 Å². The molecule has 32 heavy (non-hydrogen) atoms. The lowest BCUT2D eigenvalue weighted by atomic mass is 10.1. The van der Waals surface area contributed by atoms with E-state index in [1.807, 2.05) is 36.4 Å². The van der Waals surface area contributed by atoms with Crippen LogP contribution in [0.5, 0.6) is 0 Å². The molecule has 2 aromatic carbocycles. The topological polar surface area (TPSA) is 107 Å². The van der Waals surface area contributed by atoms with Gasteiger partial charge >= 0.3 is 0 Å². The number of nitrogens with two attached hydrogens (primary N) is 1. The highest BCUT2D eigenvalue weighted by Crippen LogP contribution is 2.31. The van der Waals surface area contributed by atoms with E-state index in [4.69, 9.17) is 28.9 Å². The molecule has 160 valence electrons. The second kappa shape index (κ2) is 8.83. The summed E-state index contributed by atoms with van der Waals surface area (Å²) in [4.78, 5) is 17.1. The van der Waals surface area contributed by atoms with Crippen LogP contribution in [0, 0.1) is 17.1 Å². The number of carbonyl (C=O) groups excluding carboxylic acids is 1. The fourth-order valence-corrected chi connectivity index (χ4v) is 3.72. The van der Waals surface area contributed by atoms with Gasteiger partial charge in [0.1, 0.15) is 17.9 Å². The first-order valence-electron chi connectivity index (χ1n) is 9.41. The van der Waals surface area contributed by atoms with E-state index in [0.29, 0.717) is 5.56 Å². The SMILES string of the molecule is N#CC1=NN(c2ccccc2)C(NC(=O)c2cc(-c3nc(N)c(F)cc3Cl)ccc2Cl)C1. The number of anilines is 2. The van der Waals surface area contributed by atoms with Crippen molar-refractivity contribution < 1.29 is 9.18 Å². The Kier molecular flexibility index (Phi) is 5.95. The highest BCUT2D eigenvalue weighted by atomic mass is 35.5. The van der Waals surface area contributed by atoms with Gasteiger partial charge in [0.25, 0.3) is 5.91 Å². The van der Waals surface area contributed by atoms with Gasteiger partial charge in [-0.05, 0) is 30.3 Å². The minimum Gasteiger partial charge on any atom is -0.381 e. The summed E-state index contributed by atoms with van der Waals surface area (Å²) >= 11 is 12.4. The Morgan fingerprint density at radius 1 is 1.19 bits per heavy atom. The summed E-state index contributed by atoms with van der Waals surface area (Å²) in [5.74, 6) is -1.53. The Hall–Kier alpha value is -3.67. The van der Waals surface area contributed by atoms with E-state index in [1.54, 1.807) is 11.1 Å². The van der Waals surface area contributed by atoms with Crippen molar-refractivity contribution in [2.24, 2.45) is 5.10 Å². The molecule has 7 nitrogen and oxygen atoms in total. The molecule has 10 heteroatoms. The standard InChI is InChI=1S/C22H15Cl2FN6O/c23-16-7-6-12(20-17(24)10-18(25)21(27)29-20)8-15(16)22(32)28-19-9-13(11-26)30-31(19)14-4-2-1-3-5-14/h1-8,10,19H,9H2,(H2,27,29)(H,28,32). The molecule has 1 amide bonds. The number of carbonyl (C=O) groups is 1. The third-order valence-electron chi connectivity index (χ3n) is 4.80. The van der Waals surface area contributed by atoms with E-state index in [1.165, 1.54) is 12.1 Å². The van der Waals surface area contributed by atoms with E-state index in [9.17, 15) is 14.4 Å². The van der Waals surface area contributed by atoms with Crippen molar-refractivity contribution in [1.29, 1.82) is 5.26 Å². The number of benzene rings is 2. The van der Waals surface area contributed by atoms with Crippen LogP contribution in [-0.2, 0) is 0 Å². The molecule has 2 heterocycles. The maximum atomic E-state index is 13.6. The van der Waals surface area contributed by atoms with Crippen LogP contribution in [0.2, 0.25) is 10.0 Å². The lowest BCUT2D eigenvalue weighted by Crippen LogP contribution is -2.43. The molecule has 1 aliphatic rings. The highest BCUT2D eigenvalue weighted by Gasteiger charge is 2.30. The van der Waals surface area contributed by atoms with Gasteiger partial charge in [-0.25, -0.2) is 14.4 Å². The molecular formula is C22H15Cl2FN6O. The number of hydrogen-bond donors (Lipinski definition) is 2. The fourth-order valence-electron chi connectivity index (χ4n) is 3.27. The van der Waals surface area contributed by atoms with Crippen molar-refractivity contribution in [2.75, 3.05) is 10.7 Å². The second-order valence-electron chi connectivity index (χ2n) is 6.91. The summed E-state index contributed by atoms with van der Waals surface area (Å²) in [6.45, 7) is 0. The number of rotatable bonds is 4. The largest absolute Gasteiger partial charge is 0.381 e. The number of hydrogen-bond acceptors (Lipinski definition) is 6. The van der Waals surface area contributed by atoms with Gasteiger partial charge < -0.3 is 11.1 Å². The zero-order chi connectivity index (χ0) is 22.8. The maximum absolute atomic E-state index is 13.6.